The van der Waals surface area contributed by atoms with Crippen molar-refractivity contribution in [3.63, 3.8) is 0 Å². The van der Waals surface area contributed by atoms with Crippen molar-refractivity contribution in [3.8, 4) is 16.9 Å². The molecule has 0 aliphatic carbocycles. The van der Waals surface area contributed by atoms with Crippen molar-refractivity contribution in [2.24, 2.45) is 5.73 Å². The second-order valence-corrected chi connectivity index (χ2v) is 11.7. The SMILES string of the molecule is C[C@H](N)CCCc1cc(Cl)c(F)c(-c2cc3cn(-c4ccc([C@@H]5CCC[C@@H](Cc6cn[nH]n6)N5)cc4)c(=O)nc3[nH]2)c1. The number of aromatic nitrogens is 6. The maximum Gasteiger partial charge on any atom is 0.354 e. The third kappa shape index (κ3) is 6.16. The van der Waals surface area contributed by atoms with E-state index in [2.05, 4.69) is 42.8 Å². The highest BCUT2D eigenvalue weighted by molar-refractivity contribution is 6.31. The van der Waals surface area contributed by atoms with Gasteiger partial charge in [-0.2, -0.15) is 20.4 Å². The second-order valence-electron chi connectivity index (χ2n) is 11.3. The number of halogens is 2. The fourth-order valence-corrected chi connectivity index (χ4v) is 6.07. The van der Waals surface area contributed by atoms with Gasteiger partial charge in [-0.25, -0.2) is 9.18 Å². The molecule has 4 heterocycles. The van der Waals surface area contributed by atoms with Gasteiger partial charge in [0.15, 0.2) is 5.82 Å². The number of nitrogens with one attached hydrogen (secondary N) is 3. The number of fused-ring (bicyclic) bond motifs is 1. The molecular formula is C31H34ClFN8O. The second kappa shape index (κ2) is 12.2. The van der Waals surface area contributed by atoms with Gasteiger partial charge in [0.05, 0.1) is 28.3 Å². The van der Waals surface area contributed by atoms with Gasteiger partial charge in [0.1, 0.15) is 5.65 Å². The lowest BCUT2D eigenvalue weighted by Gasteiger charge is -2.31. The number of aryl methyl sites for hydroxylation is 1. The van der Waals surface area contributed by atoms with Crippen molar-refractivity contribution in [2.45, 2.75) is 70.0 Å². The molecule has 0 amide bonds. The van der Waals surface area contributed by atoms with E-state index in [4.69, 9.17) is 17.3 Å². The van der Waals surface area contributed by atoms with Gasteiger partial charge in [0.2, 0.25) is 0 Å². The highest BCUT2D eigenvalue weighted by atomic mass is 35.5. The first-order valence-corrected chi connectivity index (χ1v) is 14.8. The average molecular weight is 589 g/mol. The molecule has 5 N–H and O–H groups in total. The lowest BCUT2D eigenvalue weighted by Crippen LogP contribution is -2.38. The molecule has 1 fully saturated rings. The lowest BCUT2D eigenvalue weighted by atomic mass is 9.91. The lowest BCUT2D eigenvalue weighted by molar-refractivity contribution is 0.322. The molecule has 2 aromatic carbocycles. The van der Waals surface area contributed by atoms with E-state index in [1.165, 1.54) is 10.1 Å². The minimum Gasteiger partial charge on any atom is -0.339 e. The molecule has 0 saturated carbocycles. The maximum absolute atomic E-state index is 15.1. The number of nitrogens with zero attached hydrogens (tertiary/aromatic N) is 4. The van der Waals surface area contributed by atoms with E-state index in [1.807, 2.05) is 19.1 Å². The van der Waals surface area contributed by atoms with E-state index in [1.54, 1.807) is 30.6 Å². The molecule has 1 saturated heterocycles. The summed E-state index contributed by atoms with van der Waals surface area (Å²) in [6.45, 7) is 1.97. The Balaban J connectivity index is 1.22. The molecule has 3 atom stereocenters. The first kappa shape index (κ1) is 28.3. The van der Waals surface area contributed by atoms with E-state index >= 15 is 4.39 Å². The molecule has 0 unspecified atom stereocenters. The van der Waals surface area contributed by atoms with Gasteiger partial charge < -0.3 is 16.0 Å². The summed E-state index contributed by atoms with van der Waals surface area (Å²) < 4.78 is 16.6. The summed E-state index contributed by atoms with van der Waals surface area (Å²) in [6, 6.07) is 13.9. The summed E-state index contributed by atoms with van der Waals surface area (Å²) in [6.07, 6.45) is 10.1. The predicted octanol–water partition coefficient (Wildman–Crippen LogP) is 5.39. The number of aromatic amines is 2. The van der Waals surface area contributed by atoms with Gasteiger partial charge in [-0.1, -0.05) is 23.7 Å². The fourth-order valence-electron chi connectivity index (χ4n) is 5.82. The molecule has 0 spiro atoms. The van der Waals surface area contributed by atoms with Crippen LogP contribution in [0.5, 0.6) is 0 Å². The molecule has 42 heavy (non-hydrogen) atoms. The summed E-state index contributed by atoms with van der Waals surface area (Å²) in [4.78, 5) is 20.4. The zero-order chi connectivity index (χ0) is 29.2. The van der Waals surface area contributed by atoms with Crippen LogP contribution in [-0.4, -0.2) is 42.0 Å². The third-order valence-electron chi connectivity index (χ3n) is 7.99. The summed E-state index contributed by atoms with van der Waals surface area (Å²) >= 11 is 6.25. The molecule has 6 rings (SSSR count). The molecule has 1 aliphatic heterocycles. The van der Waals surface area contributed by atoms with Crippen LogP contribution < -0.4 is 16.7 Å². The van der Waals surface area contributed by atoms with E-state index in [-0.39, 0.29) is 17.1 Å². The molecule has 0 bridgehead atoms. The first-order valence-electron chi connectivity index (χ1n) is 14.4. The molecule has 1 aliphatic rings. The first-order chi connectivity index (χ1) is 20.3. The Morgan fingerprint density at radius 1 is 1.19 bits per heavy atom. The molecule has 5 aromatic rings. The van der Waals surface area contributed by atoms with Crippen LogP contribution in [0.25, 0.3) is 28.0 Å². The Morgan fingerprint density at radius 2 is 2.02 bits per heavy atom. The molecule has 0 radical (unpaired) electrons. The quantitative estimate of drug-likeness (QED) is 0.183. The van der Waals surface area contributed by atoms with E-state index in [0.717, 1.165) is 56.2 Å². The van der Waals surface area contributed by atoms with Crippen LogP contribution in [0.2, 0.25) is 5.02 Å². The number of benzene rings is 2. The van der Waals surface area contributed by atoms with Gasteiger partial charge in [0, 0.05) is 41.7 Å². The third-order valence-corrected chi connectivity index (χ3v) is 8.26. The van der Waals surface area contributed by atoms with E-state index in [9.17, 15) is 4.79 Å². The van der Waals surface area contributed by atoms with Crippen molar-refractivity contribution < 1.29 is 4.39 Å². The van der Waals surface area contributed by atoms with Crippen LogP contribution in [0.3, 0.4) is 0 Å². The molecule has 11 heteroatoms. The average Bonchev–Trinajstić information content (AvgIpc) is 3.64. The Bertz CT molecular complexity index is 1730. The Hall–Kier alpha value is -3.86. The van der Waals surface area contributed by atoms with Gasteiger partial charge in [-0.15, -0.1) is 0 Å². The van der Waals surface area contributed by atoms with Crippen molar-refractivity contribution in [1.29, 1.82) is 0 Å². The Labute approximate surface area is 247 Å². The van der Waals surface area contributed by atoms with E-state index < -0.39 is 11.5 Å². The standard InChI is InChI=1S/C31H34ClFN8O/c1-18(34)4-2-5-19-12-25(29(33)26(32)13-19)28-14-21-17-41(31(42)38-30(21)37-28)24-10-8-20(9-11-24)27-7-3-6-22(36-27)15-23-16-35-40-39-23/h8-14,16-18,22,27,36H,2-7,15,34H2,1H3,(H,35,39,40)(H,37,38,42)/t18-,22-,27-/m0/s1. The van der Waals surface area contributed by atoms with Crippen LogP contribution in [0.1, 0.15) is 61.9 Å². The number of nitrogens with two attached hydrogens (primary N) is 1. The molecular weight excluding hydrogens is 555 g/mol. The zero-order valence-corrected chi connectivity index (χ0v) is 24.2. The highest BCUT2D eigenvalue weighted by Gasteiger charge is 2.23. The highest BCUT2D eigenvalue weighted by Crippen LogP contribution is 2.32. The van der Waals surface area contributed by atoms with Crippen LogP contribution in [0.15, 0.2) is 59.7 Å². The fraction of sp³-hybridized carbons (Fsp3) is 0.355. The monoisotopic (exact) mass is 588 g/mol. The van der Waals surface area contributed by atoms with Crippen LogP contribution in [0, 0.1) is 5.82 Å². The summed E-state index contributed by atoms with van der Waals surface area (Å²) in [7, 11) is 0. The molecule has 9 nitrogen and oxygen atoms in total. The summed E-state index contributed by atoms with van der Waals surface area (Å²) in [5.74, 6) is -0.510. The van der Waals surface area contributed by atoms with Gasteiger partial charge in [-0.05, 0) is 86.9 Å². The molecule has 218 valence electrons. The van der Waals surface area contributed by atoms with Gasteiger partial charge in [0.25, 0.3) is 0 Å². The number of H-pyrrole nitrogens is 2. The maximum atomic E-state index is 15.1. The van der Waals surface area contributed by atoms with Crippen molar-refractivity contribution in [1.82, 2.24) is 35.3 Å². The number of hydrogen-bond donors (Lipinski definition) is 4. The summed E-state index contributed by atoms with van der Waals surface area (Å²) in [5, 5.41) is 15.3. The number of piperidine rings is 1. The Morgan fingerprint density at radius 3 is 2.79 bits per heavy atom. The van der Waals surface area contributed by atoms with E-state index in [0.29, 0.717) is 34.0 Å². The number of rotatable bonds is 9. The smallest absolute Gasteiger partial charge is 0.339 e. The van der Waals surface area contributed by atoms with Gasteiger partial charge >= 0.3 is 5.69 Å². The van der Waals surface area contributed by atoms with Crippen molar-refractivity contribution in [2.75, 3.05) is 0 Å². The summed E-state index contributed by atoms with van der Waals surface area (Å²) in [5.41, 5.74) is 10.5. The van der Waals surface area contributed by atoms with Crippen molar-refractivity contribution >= 4 is 22.6 Å². The zero-order valence-electron chi connectivity index (χ0n) is 23.4. The minimum absolute atomic E-state index is 0.0616. The largest absolute Gasteiger partial charge is 0.354 e. The van der Waals surface area contributed by atoms with Gasteiger partial charge in [-0.3, -0.25) is 4.57 Å². The van der Waals surface area contributed by atoms with Crippen LogP contribution >= 0.6 is 11.6 Å². The Kier molecular flexibility index (Phi) is 8.19. The van der Waals surface area contributed by atoms with Crippen molar-refractivity contribution in [3.05, 3.63) is 93.0 Å². The molecule has 3 aromatic heterocycles. The number of hydrogen-bond acceptors (Lipinski definition) is 6. The normalized spacial score (nSPS) is 18.0. The van der Waals surface area contributed by atoms with Crippen LogP contribution in [-0.2, 0) is 12.8 Å². The predicted molar refractivity (Wildman–Crippen MR) is 162 cm³/mol. The van der Waals surface area contributed by atoms with Crippen LogP contribution in [0.4, 0.5) is 4.39 Å². The minimum atomic E-state index is -0.510. The topological polar surface area (TPSA) is 130 Å².